The average molecular weight is 289 g/mol. The molecule has 1 heterocycles. The smallest absolute Gasteiger partial charge is 0.127 e. The van der Waals surface area contributed by atoms with Gasteiger partial charge < -0.3 is 15.0 Å². The monoisotopic (exact) mass is 288 g/mol. The van der Waals surface area contributed by atoms with E-state index in [1.165, 1.54) is 5.69 Å². The minimum atomic E-state index is 0.714. The highest BCUT2D eigenvalue weighted by Gasteiger charge is 2.10. The maximum Gasteiger partial charge on any atom is 0.127 e. The van der Waals surface area contributed by atoms with E-state index in [9.17, 15) is 0 Å². The summed E-state index contributed by atoms with van der Waals surface area (Å²) in [6.45, 7) is 4.20. The fraction of sp³-hybridized carbons (Fsp3) is 0.250. The predicted octanol–water partition coefficient (Wildman–Crippen LogP) is 3.54. The van der Waals surface area contributed by atoms with E-state index >= 15 is 0 Å². The molecular formula is C16H17ClN2O. The highest BCUT2D eigenvalue weighted by molar-refractivity contribution is 6.30. The molecule has 104 valence electrons. The number of hydrogen-bond donors (Lipinski definition) is 1. The molecule has 0 unspecified atom stereocenters. The highest BCUT2D eigenvalue weighted by atomic mass is 35.5. The van der Waals surface area contributed by atoms with Crippen LogP contribution in [-0.4, -0.2) is 26.2 Å². The third kappa shape index (κ3) is 3.24. The molecule has 3 rings (SSSR count). The van der Waals surface area contributed by atoms with Gasteiger partial charge in [-0.05, 0) is 48.5 Å². The first kappa shape index (κ1) is 13.3. The van der Waals surface area contributed by atoms with Gasteiger partial charge in [-0.1, -0.05) is 11.6 Å². The Morgan fingerprint density at radius 1 is 0.850 bits per heavy atom. The van der Waals surface area contributed by atoms with Gasteiger partial charge in [0.2, 0.25) is 0 Å². The number of nitrogens with one attached hydrogen (secondary N) is 1. The molecule has 1 aliphatic heterocycles. The van der Waals surface area contributed by atoms with Crippen LogP contribution in [0.15, 0.2) is 48.5 Å². The maximum atomic E-state index is 5.86. The van der Waals surface area contributed by atoms with E-state index in [1.54, 1.807) is 0 Å². The quantitative estimate of drug-likeness (QED) is 0.935. The maximum absolute atomic E-state index is 5.86. The molecule has 0 amide bonds. The van der Waals surface area contributed by atoms with E-state index in [0.29, 0.717) is 5.02 Å². The molecule has 0 aliphatic carbocycles. The summed E-state index contributed by atoms with van der Waals surface area (Å²) in [6, 6.07) is 15.6. The van der Waals surface area contributed by atoms with Gasteiger partial charge in [-0.25, -0.2) is 0 Å². The molecule has 0 saturated carbocycles. The molecule has 0 spiro atoms. The second-order valence-corrected chi connectivity index (χ2v) is 5.22. The van der Waals surface area contributed by atoms with Crippen LogP contribution in [0.25, 0.3) is 0 Å². The summed E-state index contributed by atoms with van der Waals surface area (Å²) in [6.07, 6.45) is 0. The lowest BCUT2D eigenvalue weighted by atomic mass is 10.2. The Morgan fingerprint density at radius 2 is 1.40 bits per heavy atom. The van der Waals surface area contributed by atoms with Gasteiger partial charge in [-0.15, -0.1) is 0 Å². The summed E-state index contributed by atoms with van der Waals surface area (Å²) in [4.78, 5) is 2.38. The molecule has 20 heavy (non-hydrogen) atoms. The van der Waals surface area contributed by atoms with Crippen molar-refractivity contribution in [1.82, 2.24) is 5.32 Å². The summed E-state index contributed by atoms with van der Waals surface area (Å²) in [7, 11) is 0. The third-order valence-electron chi connectivity index (χ3n) is 3.37. The average Bonchev–Trinajstić information content (AvgIpc) is 2.51. The van der Waals surface area contributed by atoms with Crippen molar-refractivity contribution in [2.75, 3.05) is 31.1 Å². The van der Waals surface area contributed by atoms with E-state index in [0.717, 1.165) is 37.7 Å². The summed E-state index contributed by atoms with van der Waals surface area (Å²) >= 11 is 5.86. The van der Waals surface area contributed by atoms with Gasteiger partial charge in [-0.3, -0.25) is 0 Å². The van der Waals surface area contributed by atoms with Crippen molar-refractivity contribution >= 4 is 17.3 Å². The Balaban J connectivity index is 1.67. The van der Waals surface area contributed by atoms with E-state index in [-0.39, 0.29) is 0 Å². The summed E-state index contributed by atoms with van der Waals surface area (Å²) in [5, 5.41) is 4.07. The topological polar surface area (TPSA) is 24.5 Å². The van der Waals surface area contributed by atoms with Gasteiger partial charge in [-0.2, -0.15) is 0 Å². The zero-order valence-electron chi connectivity index (χ0n) is 11.2. The van der Waals surface area contributed by atoms with Gasteiger partial charge in [0.25, 0.3) is 0 Å². The van der Waals surface area contributed by atoms with Crippen LogP contribution in [0.4, 0.5) is 5.69 Å². The summed E-state index contributed by atoms with van der Waals surface area (Å²) in [5.74, 6) is 1.63. The fourth-order valence-corrected chi connectivity index (χ4v) is 2.41. The minimum absolute atomic E-state index is 0.714. The molecule has 0 aromatic heterocycles. The number of benzene rings is 2. The molecule has 1 fully saturated rings. The normalized spacial score (nSPS) is 15.2. The predicted molar refractivity (Wildman–Crippen MR) is 83.1 cm³/mol. The lowest BCUT2D eigenvalue weighted by Gasteiger charge is -2.29. The number of ether oxygens (including phenoxy) is 1. The van der Waals surface area contributed by atoms with Gasteiger partial charge in [0.15, 0.2) is 0 Å². The Labute approximate surface area is 124 Å². The molecule has 1 N–H and O–H groups in total. The Hall–Kier alpha value is -1.71. The molecular weight excluding hydrogens is 272 g/mol. The molecule has 2 aromatic rings. The first-order chi connectivity index (χ1) is 9.81. The van der Waals surface area contributed by atoms with Crippen molar-refractivity contribution in [2.45, 2.75) is 0 Å². The van der Waals surface area contributed by atoms with Crippen molar-refractivity contribution in [2.24, 2.45) is 0 Å². The van der Waals surface area contributed by atoms with Crippen molar-refractivity contribution in [3.63, 3.8) is 0 Å². The number of anilines is 1. The lowest BCUT2D eigenvalue weighted by Crippen LogP contribution is -2.43. The number of hydrogen-bond acceptors (Lipinski definition) is 3. The van der Waals surface area contributed by atoms with Gasteiger partial charge >= 0.3 is 0 Å². The first-order valence-electron chi connectivity index (χ1n) is 6.80. The van der Waals surface area contributed by atoms with E-state index in [4.69, 9.17) is 16.3 Å². The van der Waals surface area contributed by atoms with E-state index < -0.39 is 0 Å². The van der Waals surface area contributed by atoms with Crippen LogP contribution in [0.2, 0.25) is 5.02 Å². The Kier molecular flexibility index (Phi) is 4.09. The second-order valence-electron chi connectivity index (χ2n) is 4.79. The van der Waals surface area contributed by atoms with Crippen molar-refractivity contribution in [3.8, 4) is 11.5 Å². The van der Waals surface area contributed by atoms with Gasteiger partial charge in [0.05, 0.1) is 0 Å². The lowest BCUT2D eigenvalue weighted by molar-refractivity contribution is 0.482. The first-order valence-corrected chi connectivity index (χ1v) is 7.18. The van der Waals surface area contributed by atoms with Crippen molar-refractivity contribution in [3.05, 3.63) is 53.6 Å². The molecule has 4 heteroatoms. The zero-order chi connectivity index (χ0) is 13.8. The summed E-state index contributed by atoms with van der Waals surface area (Å²) < 4.78 is 5.79. The Bertz CT molecular complexity index is 548. The second kappa shape index (κ2) is 6.16. The van der Waals surface area contributed by atoms with Crippen LogP contribution in [-0.2, 0) is 0 Å². The van der Waals surface area contributed by atoms with Crippen LogP contribution in [0, 0.1) is 0 Å². The molecule has 0 atom stereocenters. The molecule has 0 bridgehead atoms. The van der Waals surface area contributed by atoms with Gasteiger partial charge in [0.1, 0.15) is 11.5 Å². The summed E-state index contributed by atoms with van der Waals surface area (Å²) in [5.41, 5.74) is 1.25. The molecule has 0 radical (unpaired) electrons. The number of halogens is 1. The van der Waals surface area contributed by atoms with Crippen LogP contribution < -0.4 is 15.0 Å². The Morgan fingerprint density at radius 3 is 2.00 bits per heavy atom. The number of nitrogens with zero attached hydrogens (tertiary/aromatic N) is 1. The van der Waals surface area contributed by atoms with Crippen LogP contribution >= 0.6 is 11.6 Å². The highest BCUT2D eigenvalue weighted by Crippen LogP contribution is 2.25. The van der Waals surface area contributed by atoms with Crippen molar-refractivity contribution in [1.29, 1.82) is 0 Å². The largest absolute Gasteiger partial charge is 0.457 e. The molecule has 1 aliphatic rings. The zero-order valence-corrected chi connectivity index (χ0v) is 11.9. The minimum Gasteiger partial charge on any atom is -0.457 e. The fourth-order valence-electron chi connectivity index (χ4n) is 2.29. The molecule has 1 saturated heterocycles. The standard InChI is InChI=1S/C16H17ClN2O/c17-13-1-5-15(6-2-13)20-16-7-3-14(4-8-16)19-11-9-18-10-12-19/h1-8,18H,9-12H2. The van der Waals surface area contributed by atoms with Crippen LogP contribution in [0.3, 0.4) is 0 Å². The van der Waals surface area contributed by atoms with E-state index in [1.807, 2.05) is 36.4 Å². The van der Waals surface area contributed by atoms with Crippen LogP contribution in [0.1, 0.15) is 0 Å². The molecule has 3 nitrogen and oxygen atoms in total. The van der Waals surface area contributed by atoms with Crippen LogP contribution in [0.5, 0.6) is 11.5 Å². The SMILES string of the molecule is Clc1ccc(Oc2ccc(N3CCNCC3)cc2)cc1. The van der Waals surface area contributed by atoms with Crippen molar-refractivity contribution < 1.29 is 4.74 Å². The number of piperazine rings is 1. The van der Waals surface area contributed by atoms with Gasteiger partial charge in [0, 0.05) is 36.9 Å². The van der Waals surface area contributed by atoms with E-state index in [2.05, 4.69) is 22.3 Å². The molecule has 2 aromatic carbocycles. The third-order valence-corrected chi connectivity index (χ3v) is 3.62. The number of rotatable bonds is 3.